The van der Waals surface area contributed by atoms with E-state index < -0.39 is 0 Å². The second-order valence-electron chi connectivity index (χ2n) is 7.12. The third kappa shape index (κ3) is 3.12. The van der Waals surface area contributed by atoms with E-state index in [1.54, 1.807) is 6.07 Å². The minimum atomic E-state index is -0.341. The lowest BCUT2D eigenvalue weighted by atomic mass is 9.90. The number of anilines is 1. The number of nitrogens with zero attached hydrogens (tertiary/aromatic N) is 1. The number of hydrogen-bond donors (Lipinski definition) is 0. The number of rotatable bonds is 3. The summed E-state index contributed by atoms with van der Waals surface area (Å²) in [6, 6.07) is 11.9. The Kier molecular flexibility index (Phi) is 4.49. The second kappa shape index (κ2) is 6.94. The third-order valence-electron chi connectivity index (χ3n) is 5.47. The summed E-state index contributed by atoms with van der Waals surface area (Å²) >= 11 is 0. The largest absolute Gasteiger partial charge is 0.465 e. The number of benzene rings is 2. The van der Waals surface area contributed by atoms with Crippen molar-refractivity contribution in [1.82, 2.24) is 0 Å². The third-order valence-corrected chi connectivity index (χ3v) is 5.47. The zero-order valence-electron chi connectivity index (χ0n) is 15.1. The molecular formula is C22H23NO3. The first-order valence-electron chi connectivity index (χ1n) is 9.28. The Labute approximate surface area is 153 Å². The van der Waals surface area contributed by atoms with Crippen LogP contribution in [0.15, 0.2) is 36.4 Å². The van der Waals surface area contributed by atoms with Crippen molar-refractivity contribution in [2.75, 3.05) is 18.6 Å². The molecule has 1 aliphatic carbocycles. The fourth-order valence-electron chi connectivity index (χ4n) is 4.07. The topological polar surface area (TPSA) is 46.6 Å². The van der Waals surface area contributed by atoms with Crippen LogP contribution in [0.3, 0.4) is 0 Å². The van der Waals surface area contributed by atoms with Gasteiger partial charge in [0.15, 0.2) is 0 Å². The monoisotopic (exact) mass is 349 g/mol. The standard InChI is InChI=1S/C22H23NO3/c1-26-22(25)19-8-9-20-18(14-19)10-11-23(20)21(24)13-15-6-7-16-4-2-3-5-17(16)12-15/h6-9,12,14H,2-5,10-11,13H2,1H3. The van der Waals surface area contributed by atoms with Crippen molar-refractivity contribution in [2.45, 2.75) is 38.5 Å². The van der Waals surface area contributed by atoms with Crippen molar-refractivity contribution in [3.63, 3.8) is 0 Å². The molecule has 4 heteroatoms. The zero-order valence-corrected chi connectivity index (χ0v) is 15.1. The van der Waals surface area contributed by atoms with Gasteiger partial charge in [0.2, 0.25) is 5.91 Å². The normalized spacial score (nSPS) is 15.3. The van der Waals surface area contributed by atoms with Crippen LogP contribution in [0.25, 0.3) is 0 Å². The van der Waals surface area contributed by atoms with E-state index in [1.165, 1.54) is 31.1 Å². The molecular weight excluding hydrogens is 326 g/mol. The summed E-state index contributed by atoms with van der Waals surface area (Å²) in [5.74, 6) is -0.225. The highest BCUT2D eigenvalue weighted by Crippen LogP contribution is 2.30. The maximum atomic E-state index is 12.9. The van der Waals surface area contributed by atoms with Crippen molar-refractivity contribution in [3.05, 3.63) is 64.2 Å². The summed E-state index contributed by atoms with van der Waals surface area (Å²) in [6.45, 7) is 0.670. The molecule has 26 heavy (non-hydrogen) atoms. The SMILES string of the molecule is COC(=O)c1ccc2c(c1)CCN2C(=O)Cc1ccc2c(c1)CCCC2. The maximum Gasteiger partial charge on any atom is 0.337 e. The van der Waals surface area contributed by atoms with Gasteiger partial charge < -0.3 is 9.64 Å². The van der Waals surface area contributed by atoms with E-state index >= 15 is 0 Å². The minimum Gasteiger partial charge on any atom is -0.465 e. The van der Waals surface area contributed by atoms with E-state index in [1.807, 2.05) is 17.0 Å². The van der Waals surface area contributed by atoms with Crippen molar-refractivity contribution in [3.8, 4) is 0 Å². The molecule has 0 radical (unpaired) electrons. The van der Waals surface area contributed by atoms with Crippen molar-refractivity contribution in [2.24, 2.45) is 0 Å². The average Bonchev–Trinajstić information content (AvgIpc) is 3.10. The molecule has 4 nitrogen and oxygen atoms in total. The smallest absolute Gasteiger partial charge is 0.337 e. The molecule has 0 saturated carbocycles. The molecule has 0 atom stereocenters. The molecule has 1 aliphatic heterocycles. The summed E-state index contributed by atoms with van der Waals surface area (Å²) in [4.78, 5) is 26.4. The average molecular weight is 349 g/mol. The van der Waals surface area contributed by atoms with E-state index in [9.17, 15) is 9.59 Å². The first kappa shape index (κ1) is 16.8. The maximum absolute atomic E-state index is 12.9. The Hall–Kier alpha value is -2.62. The number of aryl methyl sites for hydroxylation is 2. The van der Waals surface area contributed by atoms with Gasteiger partial charge in [0.05, 0.1) is 19.1 Å². The first-order valence-corrected chi connectivity index (χ1v) is 9.28. The molecule has 0 spiro atoms. The number of amides is 1. The van der Waals surface area contributed by atoms with Crippen LogP contribution in [-0.2, 0) is 35.2 Å². The number of hydrogen-bond acceptors (Lipinski definition) is 3. The van der Waals surface area contributed by atoms with Gasteiger partial charge in [-0.05, 0) is 72.6 Å². The Bertz CT molecular complexity index is 872. The summed E-state index contributed by atoms with van der Waals surface area (Å²) < 4.78 is 4.78. The van der Waals surface area contributed by atoms with Crippen LogP contribution in [0, 0.1) is 0 Å². The zero-order chi connectivity index (χ0) is 18.1. The Morgan fingerprint density at radius 1 is 0.962 bits per heavy atom. The fourth-order valence-corrected chi connectivity index (χ4v) is 4.07. The molecule has 0 fully saturated rings. The van der Waals surface area contributed by atoms with Crippen LogP contribution in [0.4, 0.5) is 5.69 Å². The van der Waals surface area contributed by atoms with E-state index in [2.05, 4.69) is 18.2 Å². The highest BCUT2D eigenvalue weighted by molar-refractivity contribution is 5.98. The number of methoxy groups -OCH3 is 1. The molecule has 134 valence electrons. The van der Waals surface area contributed by atoms with Gasteiger partial charge in [-0.3, -0.25) is 4.79 Å². The summed E-state index contributed by atoms with van der Waals surface area (Å²) in [7, 11) is 1.38. The molecule has 0 saturated heterocycles. The summed E-state index contributed by atoms with van der Waals surface area (Å²) in [6.07, 6.45) is 5.99. The van der Waals surface area contributed by atoms with Gasteiger partial charge in [0.25, 0.3) is 0 Å². The molecule has 0 bridgehead atoms. The quantitative estimate of drug-likeness (QED) is 0.797. The predicted molar refractivity (Wildman–Crippen MR) is 101 cm³/mol. The Morgan fingerprint density at radius 2 is 1.77 bits per heavy atom. The number of esters is 1. The van der Waals surface area contributed by atoms with Crippen LogP contribution in [-0.4, -0.2) is 25.5 Å². The molecule has 2 aromatic rings. The molecule has 4 rings (SSSR count). The molecule has 1 heterocycles. The number of fused-ring (bicyclic) bond motifs is 2. The lowest BCUT2D eigenvalue weighted by Crippen LogP contribution is -2.30. The Balaban J connectivity index is 1.51. The van der Waals surface area contributed by atoms with Gasteiger partial charge in [0.1, 0.15) is 0 Å². The minimum absolute atomic E-state index is 0.116. The van der Waals surface area contributed by atoms with Gasteiger partial charge in [-0.1, -0.05) is 18.2 Å². The predicted octanol–water partition coefficient (Wildman–Crippen LogP) is 3.48. The van der Waals surface area contributed by atoms with Gasteiger partial charge in [-0.15, -0.1) is 0 Å². The van der Waals surface area contributed by atoms with Crippen molar-refractivity contribution < 1.29 is 14.3 Å². The lowest BCUT2D eigenvalue weighted by molar-refractivity contribution is -0.117. The van der Waals surface area contributed by atoms with Gasteiger partial charge in [0, 0.05) is 12.2 Å². The second-order valence-corrected chi connectivity index (χ2v) is 7.12. The van der Waals surface area contributed by atoms with Crippen molar-refractivity contribution in [1.29, 1.82) is 0 Å². The highest BCUT2D eigenvalue weighted by atomic mass is 16.5. The van der Waals surface area contributed by atoms with Crippen LogP contribution in [0.2, 0.25) is 0 Å². The highest BCUT2D eigenvalue weighted by Gasteiger charge is 2.26. The fraction of sp³-hybridized carbons (Fsp3) is 0.364. The number of ether oxygens (including phenoxy) is 1. The van der Waals surface area contributed by atoms with Gasteiger partial charge >= 0.3 is 5.97 Å². The van der Waals surface area contributed by atoms with E-state index in [0.29, 0.717) is 18.5 Å². The van der Waals surface area contributed by atoms with Crippen LogP contribution >= 0.6 is 0 Å². The lowest BCUT2D eigenvalue weighted by Gasteiger charge is -2.19. The van der Waals surface area contributed by atoms with Gasteiger partial charge in [-0.25, -0.2) is 4.79 Å². The van der Waals surface area contributed by atoms with Gasteiger partial charge in [-0.2, -0.15) is 0 Å². The van der Waals surface area contributed by atoms with E-state index in [4.69, 9.17) is 4.74 Å². The van der Waals surface area contributed by atoms with Crippen LogP contribution in [0.1, 0.15) is 45.5 Å². The van der Waals surface area contributed by atoms with Crippen molar-refractivity contribution >= 4 is 17.6 Å². The number of carbonyl (C=O) groups is 2. The Morgan fingerprint density at radius 3 is 2.58 bits per heavy atom. The van der Waals surface area contributed by atoms with E-state index in [-0.39, 0.29) is 11.9 Å². The molecule has 0 N–H and O–H groups in total. The molecule has 0 aromatic heterocycles. The van der Waals surface area contributed by atoms with Crippen LogP contribution in [0.5, 0.6) is 0 Å². The first-order chi connectivity index (χ1) is 12.7. The molecule has 2 aromatic carbocycles. The summed E-state index contributed by atoms with van der Waals surface area (Å²) in [5.41, 5.74) is 6.43. The summed E-state index contributed by atoms with van der Waals surface area (Å²) in [5, 5.41) is 0. The molecule has 0 unspecified atom stereocenters. The molecule has 2 aliphatic rings. The van der Waals surface area contributed by atoms with E-state index in [0.717, 1.165) is 36.1 Å². The number of carbonyl (C=O) groups excluding carboxylic acids is 2. The van der Waals surface area contributed by atoms with Crippen LogP contribution < -0.4 is 4.90 Å². The molecule has 1 amide bonds.